The van der Waals surface area contributed by atoms with Crippen LogP contribution in [0.1, 0.15) is 31.2 Å². The number of piperidine rings is 1. The Kier molecular flexibility index (Phi) is 4.27. The third kappa shape index (κ3) is 3.06. The van der Waals surface area contributed by atoms with Crippen molar-refractivity contribution in [3.63, 3.8) is 0 Å². The Bertz CT molecular complexity index is 595. The van der Waals surface area contributed by atoms with Gasteiger partial charge in [-0.25, -0.2) is 0 Å². The number of amides is 1. The van der Waals surface area contributed by atoms with Crippen molar-refractivity contribution in [2.75, 3.05) is 31.6 Å². The van der Waals surface area contributed by atoms with Gasteiger partial charge in [-0.2, -0.15) is 0 Å². The molecule has 116 valence electrons. The lowest BCUT2D eigenvalue weighted by Gasteiger charge is -2.34. The Labute approximate surface area is 132 Å². The number of carbonyl (C=O) groups is 1. The molecule has 0 saturated carbocycles. The van der Waals surface area contributed by atoms with E-state index < -0.39 is 0 Å². The van der Waals surface area contributed by atoms with Crippen LogP contribution in [0.4, 0.5) is 5.69 Å². The number of anilines is 1. The fourth-order valence-corrected chi connectivity index (χ4v) is 3.20. The zero-order valence-corrected chi connectivity index (χ0v) is 13.3. The van der Waals surface area contributed by atoms with Crippen molar-refractivity contribution in [3.8, 4) is 0 Å². The lowest BCUT2D eigenvalue weighted by molar-refractivity contribution is -0.116. The van der Waals surface area contributed by atoms with E-state index in [0.717, 1.165) is 25.3 Å². The summed E-state index contributed by atoms with van der Waals surface area (Å²) in [5.74, 6) is 0.684. The van der Waals surface area contributed by atoms with Crippen LogP contribution in [0.2, 0.25) is 0 Å². The number of nitrogens with zero attached hydrogens (tertiary/aromatic N) is 3. The van der Waals surface area contributed by atoms with Crippen LogP contribution < -0.4 is 4.90 Å². The first-order valence-corrected chi connectivity index (χ1v) is 7.93. The number of aliphatic imine (C=N–C) groups is 1. The molecule has 1 amide bonds. The first kappa shape index (κ1) is 14.8. The molecular weight excluding hydrogens is 274 g/mol. The summed E-state index contributed by atoms with van der Waals surface area (Å²) < 4.78 is 0. The van der Waals surface area contributed by atoms with Gasteiger partial charge in [0.25, 0.3) is 0 Å². The van der Waals surface area contributed by atoms with E-state index in [4.69, 9.17) is 0 Å². The summed E-state index contributed by atoms with van der Waals surface area (Å²) in [6.45, 7) is 4.64. The summed E-state index contributed by atoms with van der Waals surface area (Å²) in [7, 11) is 1.81. The number of carbonyl (C=O) groups excluding carboxylic acids is 1. The van der Waals surface area contributed by atoms with Crippen LogP contribution in [-0.4, -0.2) is 43.7 Å². The first-order valence-electron chi connectivity index (χ1n) is 7.93. The number of hydrogen-bond acceptors (Lipinski definition) is 3. The normalized spacial score (nSPS) is 18.5. The highest BCUT2D eigenvalue weighted by Gasteiger charge is 2.22. The molecule has 0 aliphatic carbocycles. The summed E-state index contributed by atoms with van der Waals surface area (Å²) in [6, 6.07) is 8.45. The van der Waals surface area contributed by atoms with Crippen molar-refractivity contribution in [2.45, 2.75) is 25.7 Å². The maximum absolute atomic E-state index is 11.4. The lowest BCUT2D eigenvalue weighted by atomic mass is 9.89. The van der Waals surface area contributed by atoms with Gasteiger partial charge in [0.1, 0.15) is 0 Å². The molecule has 2 aliphatic heterocycles. The van der Waals surface area contributed by atoms with Crippen LogP contribution >= 0.6 is 0 Å². The predicted octanol–water partition coefficient (Wildman–Crippen LogP) is 2.82. The topological polar surface area (TPSA) is 35.9 Å². The molecule has 1 aromatic carbocycles. The number of benzene rings is 1. The molecule has 0 bridgehead atoms. The van der Waals surface area contributed by atoms with Gasteiger partial charge in [-0.1, -0.05) is 12.1 Å². The summed E-state index contributed by atoms with van der Waals surface area (Å²) in [6.07, 6.45) is 6.40. The first-order chi connectivity index (χ1) is 10.6. The number of rotatable bonds is 3. The highest BCUT2D eigenvalue weighted by atomic mass is 16.2. The summed E-state index contributed by atoms with van der Waals surface area (Å²) in [5, 5.41) is 0. The van der Waals surface area contributed by atoms with E-state index in [-0.39, 0.29) is 5.91 Å². The van der Waals surface area contributed by atoms with Gasteiger partial charge in [0.15, 0.2) is 0 Å². The Morgan fingerprint density at radius 3 is 2.45 bits per heavy atom. The quantitative estimate of drug-likeness (QED) is 0.860. The van der Waals surface area contributed by atoms with Gasteiger partial charge in [0, 0.05) is 44.7 Å². The standard InChI is InChI=1S/C18H23N3O/c1-14(22)20(2)17-5-3-15(4-6-17)16-8-11-21(12-9-16)18-7-10-19-13-18/h3-7,10,16H,8-9,11-13H2,1-2H3. The molecule has 0 spiro atoms. The molecule has 2 heterocycles. The van der Waals surface area contributed by atoms with E-state index in [2.05, 4.69) is 40.2 Å². The molecule has 1 aromatic rings. The Balaban J connectivity index is 1.60. The predicted molar refractivity (Wildman–Crippen MR) is 90.5 cm³/mol. The highest BCUT2D eigenvalue weighted by molar-refractivity contribution is 5.90. The molecule has 4 nitrogen and oxygen atoms in total. The highest BCUT2D eigenvalue weighted by Crippen LogP contribution is 2.30. The monoisotopic (exact) mass is 297 g/mol. The van der Waals surface area contributed by atoms with Gasteiger partial charge in [0.2, 0.25) is 5.91 Å². The van der Waals surface area contributed by atoms with Crippen molar-refractivity contribution in [1.29, 1.82) is 0 Å². The van der Waals surface area contributed by atoms with Gasteiger partial charge in [-0.3, -0.25) is 9.79 Å². The molecule has 0 N–H and O–H groups in total. The van der Waals surface area contributed by atoms with Crippen LogP contribution in [0.5, 0.6) is 0 Å². The molecular formula is C18H23N3O. The zero-order valence-electron chi connectivity index (χ0n) is 13.3. The fourth-order valence-electron chi connectivity index (χ4n) is 3.20. The van der Waals surface area contributed by atoms with Crippen molar-refractivity contribution >= 4 is 17.8 Å². The molecule has 1 fully saturated rings. The molecule has 0 radical (unpaired) electrons. The van der Waals surface area contributed by atoms with Crippen molar-refractivity contribution in [3.05, 3.63) is 41.6 Å². The van der Waals surface area contributed by atoms with Gasteiger partial charge < -0.3 is 9.80 Å². The van der Waals surface area contributed by atoms with E-state index >= 15 is 0 Å². The zero-order chi connectivity index (χ0) is 15.5. The van der Waals surface area contributed by atoms with Crippen LogP contribution in [-0.2, 0) is 4.79 Å². The lowest BCUT2D eigenvalue weighted by Crippen LogP contribution is -2.32. The van der Waals surface area contributed by atoms with Gasteiger partial charge in [0.05, 0.1) is 6.54 Å². The minimum atomic E-state index is 0.0631. The van der Waals surface area contributed by atoms with E-state index in [1.807, 2.05) is 13.3 Å². The second kappa shape index (κ2) is 6.34. The molecule has 2 aliphatic rings. The Hall–Kier alpha value is -2.10. The van der Waals surface area contributed by atoms with E-state index in [1.165, 1.54) is 24.1 Å². The van der Waals surface area contributed by atoms with Gasteiger partial charge in [-0.05, 0) is 42.5 Å². The minimum absolute atomic E-state index is 0.0631. The largest absolute Gasteiger partial charge is 0.373 e. The summed E-state index contributed by atoms with van der Waals surface area (Å²) in [4.78, 5) is 19.8. The number of allylic oxidation sites excluding steroid dienone is 1. The Morgan fingerprint density at radius 1 is 1.23 bits per heavy atom. The average Bonchev–Trinajstić information content (AvgIpc) is 3.09. The molecule has 3 rings (SSSR count). The van der Waals surface area contributed by atoms with Crippen molar-refractivity contribution in [2.24, 2.45) is 4.99 Å². The summed E-state index contributed by atoms with van der Waals surface area (Å²) in [5.41, 5.74) is 3.70. The van der Waals surface area contributed by atoms with Crippen LogP contribution in [0, 0.1) is 0 Å². The second-order valence-corrected chi connectivity index (χ2v) is 6.08. The second-order valence-electron chi connectivity index (χ2n) is 6.08. The van der Waals surface area contributed by atoms with Crippen molar-refractivity contribution in [1.82, 2.24) is 4.90 Å². The molecule has 0 aromatic heterocycles. The number of hydrogen-bond donors (Lipinski definition) is 0. The third-order valence-corrected chi connectivity index (χ3v) is 4.75. The molecule has 1 saturated heterocycles. The average molecular weight is 297 g/mol. The maximum atomic E-state index is 11.4. The molecule has 22 heavy (non-hydrogen) atoms. The van der Waals surface area contributed by atoms with Crippen molar-refractivity contribution < 1.29 is 4.79 Å². The fraction of sp³-hybridized carbons (Fsp3) is 0.444. The molecule has 4 heteroatoms. The van der Waals surface area contributed by atoms with E-state index in [0.29, 0.717) is 5.92 Å². The van der Waals surface area contributed by atoms with E-state index in [9.17, 15) is 4.79 Å². The third-order valence-electron chi connectivity index (χ3n) is 4.75. The smallest absolute Gasteiger partial charge is 0.223 e. The van der Waals surface area contributed by atoms with Gasteiger partial charge in [-0.15, -0.1) is 0 Å². The van der Waals surface area contributed by atoms with E-state index in [1.54, 1.807) is 11.8 Å². The van der Waals surface area contributed by atoms with Crippen LogP contribution in [0.25, 0.3) is 0 Å². The minimum Gasteiger partial charge on any atom is -0.373 e. The van der Waals surface area contributed by atoms with Gasteiger partial charge >= 0.3 is 0 Å². The molecule has 0 unspecified atom stereocenters. The SMILES string of the molecule is CC(=O)N(C)c1ccc(C2CCN(C3=CC=NC3)CC2)cc1. The summed E-state index contributed by atoms with van der Waals surface area (Å²) >= 11 is 0. The van der Waals surface area contributed by atoms with Crippen LogP contribution in [0.15, 0.2) is 41.0 Å². The Morgan fingerprint density at radius 2 is 1.91 bits per heavy atom. The number of likely N-dealkylation sites (tertiary alicyclic amines) is 1. The maximum Gasteiger partial charge on any atom is 0.223 e. The molecule has 0 atom stereocenters. The van der Waals surface area contributed by atoms with Crippen LogP contribution in [0.3, 0.4) is 0 Å².